The van der Waals surface area contributed by atoms with Crippen molar-refractivity contribution in [3.8, 4) is 0 Å². The quantitative estimate of drug-likeness (QED) is 0.841. The average molecular weight is 250 g/mol. The fourth-order valence-corrected chi connectivity index (χ4v) is 2.34. The zero-order valence-corrected chi connectivity index (χ0v) is 10.6. The van der Waals surface area contributed by atoms with Gasteiger partial charge in [0.25, 0.3) is 0 Å². The van der Waals surface area contributed by atoms with Gasteiger partial charge in [-0.25, -0.2) is 0 Å². The molecule has 0 bridgehead atoms. The predicted molar refractivity (Wildman–Crippen MR) is 63.6 cm³/mol. The minimum atomic E-state index is 0.124. The van der Waals surface area contributed by atoms with E-state index in [1.54, 1.807) is 6.92 Å². The number of hydrogen-bond acceptors (Lipinski definition) is 5. The third kappa shape index (κ3) is 2.69. The van der Waals surface area contributed by atoms with Crippen molar-refractivity contribution in [1.29, 1.82) is 0 Å². The third-order valence-corrected chi connectivity index (χ3v) is 3.50. The first-order valence-electron chi connectivity index (χ1n) is 6.52. The van der Waals surface area contributed by atoms with Crippen molar-refractivity contribution in [2.75, 3.05) is 13.1 Å². The van der Waals surface area contributed by atoms with E-state index in [0.29, 0.717) is 24.3 Å². The van der Waals surface area contributed by atoms with Gasteiger partial charge in [0.15, 0.2) is 5.82 Å². The molecule has 3 rings (SSSR count). The van der Waals surface area contributed by atoms with Crippen LogP contribution in [0.5, 0.6) is 0 Å². The van der Waals surface area contributed by atoms with E-state index in [0.717, 1.165) is 32.4 Å². The molecule has 1 saturated carbocycles. The average Bonchev–Trinajstić information content (AvgIpc) is 2.87. The topological polar surface area (TPSA) is 71.3 Å². The Balaban J connectivity index is 1.49. The summed E-state index contributed by atoms with van der Waals surface area (Å²) in [6.45, 7) is 4.18. The lowest BCUT2D eigenvalue weighted by atomic mass is 10.1. The van der Waals surface area contributed by atoms with Crippen LogP contribution in [0.2, 0.25) is 0 Å². The number of amides is 1. The number of carbonyl (C=O) groups excluding carboxylic acids is 1. The van der Waals surface area contributed by atoms with Gasteiger partial charge in [-0.2, -0.15) is 4.98 Å². The highest BCUT2D eigenvalue weighted by atomic mass is 16.5. The Morgan fingerprint density at radius 1 is 1.50 bits per heavy atom. The summed E-state index contributed by atoms with van der Waals surface area (Å²) in [6, 6.07) is 0.450. The second kappa shape index (κ2) is 4.68. The van der Waals surface area contributed by atoms with E-state index >= 15 is 0 Å². The number of rotatable bonds is 4. The molecule has 0 aromatic carbocycles. The second-order valence-electron chi connectivity index (χ2n) is 5.23. The zero-order valence-electron chi connectivity index (χ0n) is 10.6. The van der Waals surface area contributed by atoms with Crippen LogP contribution in [0.3, 0.4) is 0 Å². The summed E-state index contributed by atoms with van der Waals surface area (Å²) in [5.41, 5.74) is 0. The van der Waals surface area contributed by atoms with Crippen molar-refractivity contribution in [3.05, 3.63) is 11.7 Å². The van der Waals surface area contributed by atoms with Crippen LogP contribution in [0.15, 0.2) is 4.52 Å². The van der Waals surface area contributed by atoms with Crippen LogP contribution < -0.4 is 5.32 Å². The highest BCUT2D eigenvalue weighted by Gasteiger charge is 2.32. The van der Waals surface area contributed by atoms with Crippen LogP contribution in [0.25, 0.3) is 0 Å². The highest BCUT2D eigenvalue weighted by molar-refractivity contribution is 5.79. The van der Waals surface area contributed by atoms with E-state index in [1.807, 2.05) is 0 Å². The maximum Gasteiger partial charge on any atom is 0.224 e. The van der Waals surface area contributed by atoms with E-state index in [9.17, 15) is 4.79 Å². The van der Waals surface area contributed by atoms with E-state index < -0.39 is 0 Å². The van der Waals surface area contributed by atoms with Gasteiger partial charge >= 0.3 is 0 Å². The molecule has 1 aliphatic heterocycles. The van der Waals surface area contributed by atoms with E-state index in [2.05, 4.69) is 20.4 Å². The summed E-state index contributed by atoms with van der Waals surface area (Å²) in [5, 5.41) is 6.95. The van der Waals surface area contributed by atoms with Gasteiger partial charge in [-0.3, -0.25) is 9.69 Å². The van der Waals surface area contributed by atoms with Gasteiger partial charge in [0.2, 0.25) is 11.8 Å². The molecule has 2 fully saturated rings. The summed E-state index contributed by atoms with van der Waals surface area (Å²) in [5.74, 6) is 1.63. The first kappa shape index (κ1) is 11.6. The van der Waals surface area contributed by atoms with Crippen molar-refractivity contribution in [2.24, 2.45) is 5.92 Å². The van der Waals surface area contributed by atoms with Crippen molar-refractivity contribution >= 4 is 5.91 Å². The summed E-state index contributed by atoms with van der Waals surface area (Å²) in [7, 11) is 0. The summed E-state index contributed by atoms with van der Waals surface area (Å²) < 4.78 is 4.94. The molecule has 18 heavy (non-hydrogen) atoms. The lowest BCUT2D eigenvalue weighted by Crippen LogP contribution is -2.34. The van der Waals surface area contributed by atoms with Gasteiger partial charge < -0.3 is 9.84 Å². The van der Waals surface area contributed by atoms with E-state index in [-0.39, 0.29) is 11.8 Å². The number of aryl methyl sites for hydroxylation is 1. The van der Waals surface area contributed by atoms with Crippen LogP contribution in [0, 0.1) is 12.8 Å². The SMILES string of the molecule is Cc1nc(CN2CCC(C(=O)NC3CC3)C2)no1. The van der Waals surface area contributed by atoms with Crippen molar-refractivity contribution in [1.82, 2.24) is 20.4 Å². The van der Waals surface area contributed by atoms with Crippen LogP contribution in [0.1, 0.15) is 31.0 Å². The van der Waals surface area contributed by atoms with Gasteiger partial charge in [-0.05, 0) is 25.8 Å². The minimum Gasteiger partial charge on any atom is -0.353 e. The maximum absolute atomic E-state index is 11.9. The van der Waals surface area contributed by atoms with Crippen molar-refractivity contribution in [2.45, 2.75) is 38.8 Å². The van der Waals surface area contributed by atoms with Gasteiger partial charge in [-0.1, -0.05) is 5.16 Å². The number of nitrogens with zero attached hydrogens (tertiary/aromatic N) is 3. The van der Waals surface area contributed by atoms with Gasteiger partial charge in [0, 0.05) is 19.5 Å². The molecule has 6 heteroatoms. The monoisotopic (exact) mass is 250 g/mol. The Kier molecular flexibility index (Phi) is 3.03. The van der Waals surface area contributed by atoms with Crippen LogP contribution >= 0.6 is 0 Å². The first-order valence-corrected chi connectivity index (χ1v) is 6.52. The molecule has 1 aromatic rings. The molecule has 1 unspecified atom stereocenters. The summed E-state index contributed by atoms with van der Waals surface area (Å²) in [6.07, 6.45) is 3.21. The first-order chi connectivity index (χ1) is 8.70. The fraction of sp³-hybridized carbons (Fsp3) is 0.750. The molecule has 98 valence electrons. The molecular formula is C12H18N4O2. The molecule has 6 nitrogen and oxygen atoms in total. The molecule has 1 saturated heterocycles. The summed E-state index contributed by atoms with van der Waals surface area (Å²) >= 11 is 0. The molecule has 0 radical (unpaired) electrons. The Hall–Kier alpha value is -1.43. The van der Waals surface area contributed by atoms with E-state index in [4.69, 9.17) is 4.52 Å². The Morgan fingerprint density at radius 2 is 2.33 bits per heavy atom. The molecule has 2 heterocycles. The minimum absolute atomic E-state index is 0.124. The molecule has 1 aliphatic carbocycles. The summed E-state index contributed by atoms with van der Waals surface area (Å²) in [4.78, 5) is 18.3. The Labute approximate surface area is 106 Å². The van der Waals surface area contributed by atoms with Gasteiger partial charge in [0.05, 0.1) is 12.5 Å². The molecule has 1 amide bonds. The molecule has 0 spiro atoms. The number of nitrogens with one attached hydrogen (secondary N) is 1. The Bertz CT molecular complexity index is 441. The largest absolute Gasteiger partial charge is 0.353 e. The number of hydrogen-bond donors (Lipinski definition) is 1. The van der Waals surface area contributed by atoms with Crippen molar-refractivity contribution in [3.63, 3.8) is 0 Å². The molecule has 1 aromatic heterocycles. The number of carbonyl (C=O) groups is 1. The molecular weight excluding hydrogens is 232 g/mol. The molecule has 1 N–H and O–H groups in total. The standard InChI is InChI=1S/C12H18N4O2/c1-8-13-11(15-18-8)7-16-5-4-9(6-16)12(17)14-10-2-3-10/h9-10H,2-7H2,1H3,(H,14,17). The lowest BCUT2D eigenvalue weighted by molar-refractivity contribution is -0.124. The molecule has 2 aliphatic rings. The van der Waals surface area contributed by atoms with Crippen molar-refractivity contribution < 1.29 is 9.32 Å². The third-order valence-electron chi connectivity index (χ3n) is 3.50. The smallest absolute Gasteiger partial charge is 0.224 e. The second-order valence-corrected chi connectivity index (χ2v) is 5.23. The number of aromatic nitrogens is 2. The van der Waals surface area contributed by atoms with Crippen LogP contribution in [0.4, 0.5) is 0 Å². The van der Waals surface area contributed by atoms with Crippen LogP contribution in [-0.2, 0) is 11.3 Å². The molecule has 1 atom stereocenters. The Morgan fingerprint density at radius 3 is 3.00 bits per heavy atom. The predicted octanol–water partition coefficient (Wildman–Crippen LogP) is 0.479. The van der Waals surface area contributed by atoms with Gasteiger partial charge in [-0.15, -0.1) is 0 Å². The number of likely N-dealkylation sites (tertiary alicyclic amines) is 1. The van der Waals surface area contributed by atoms with Crippen LogP contribution in [-0.4, -0.2) is 40.1 Å². The normalized spacial score (nSPS) is 24.4. The fourth-order valence-electron chi connectivity index (χ4n) is 2.34. The van der Waals surface area contributed by atoms with Gasteiger partial charge in [0.1, 0.15) is 0 Å². The maximum atomic E-state index is 11.9. The lowest BCUT2D eigenvalue weighted by Gasteiger charge is -2.13. The van der Waals surface area contributed by atoms with E-state index in [1.165, 1.54) is 0 Å². The highest BCUT2D eigenvalue weighted by Crippen LogP contribution is 2.22. The zero-order chi connectivity index (χ0) is 12.5.